The summed E-state index contributed by atoms with van der Waals surface area (Å²) in [6.45, 7) is 4.87. The normalized spacial score (nSPS) is 15.8. The molecule has 0 amide bonds. The number of hydrogen-bond acceptors (Lipinski definition) is 2. The van der Waals surface area contributed by atoms with Crippen molar-refractivity contribution >= 4 is 11.0 Å². The lowest BCUT2D eigenvalue weighted by Crippen LogP contribution is -2.22. The summed E-state index contributed by atoms with van der Waals surface area (Å²) in [4.78, 5) is 0. The van der Waals surface area contributed by atoms with Gasteiger partial charge < -0.3 is 9.73 Å². The fourth-order valence-electron chi connectivity index (χ4n) is 2.40. The van der Waals surface area contributed by atoms with Crippen LogP contribution in [0.4, 0.5) is 4.39 Å². The molecule has 0 bridgehead atoms. The molecule has 0 atom stereocenters. The second-order valence-corrected chi connectivity index (χ2v) is 5.37. The van der Waals surface area contributed by atoms with Crippen molar-refractivity contribution in [3.05, 3.63) is 35.3 Å². The maximum atomic E-state index is 13.7. The molecule has 1 fully saturated rings. The van der Waals surface area contributed by atoms with E-state index in [1.165, 1.54) is 24.5 Å². The predicted octanol–water partition coefficient (Wildman–Crippen LogP) is 3.95. The van der Waals surface area contributed by atoms with Crippen molar-refractivity contribution in [2.75, 3.05) is 0 Å². The summed E-state index contributed by atoms with van der Waals surface area (Å²) in [5.41, 5.74) is 1.64. The number of halogens is 1. The summed E-state index contributed by atoms with van der Waals surface area (Å²) in [5, 5.41) is 4.31. The van der Waals surface area contributed by atoms with Gasteiger partial charge in [0.25, 0.3) is 0 Å². The Bertz CT molecular complexity index is 569. The number of rotatable bonds is 4. The van der Waals surface area contributed by atoms with Crippen LogP contribution in [0.3, 0.4) is 0 Å². The third-order valence-electron chi connectivity index (χ3n) is 3.44. The molecule has 18 heavy (non-hydrogen) atoms. The molecular weight excluding hydrogens is 229 g/mol. The van der Waals surface area contributed by atoms with Crippen LogP contribution in [0.1, 0.15) is 43.9 Å². The summed E-state index contributed by atoms with van der Waals surface area (Å²) < 4.78 is 19.5. The largest absolute Gasteiger partial charge is 0.456 e. The van der Waals surface area contributed by atoms with Gasteiger partial charge in [-0.15, -0.1) is 0 Å². The van der Waals surface area contributed by atoms with Gasteiger partial charge in [0.15, 0.2) is 11.4 Å². The molecule has 1 saturated carbocycles. The van der Waals surface area contributed by atoms with E-state index in [4.69, 9.17) is 4.42 Å². The van der Waals surface area contributed by atoms with Crippen LogP contribution < -0.4 is 5.32 Å². The molecule has 1 N–H and O–H groups in total. The minimum atomic E-state index is -0.259. The summed E-state index contributed by atoms with van der Waals surface area (Å²) in [6, 6.07) is 5.59. The van der Waals surface area contributed by atoms with Crippen LogP contribution in [0.25, 0.3) is 11.0 Å². The molecule has 3 rings (SSSR count). The molecular formula is C15H18FNO. The van der Waals surface area contributed by atoms with Crippen molar-refractivity contribution in [2.24, 2.45) is 0 Å². The van der Waals surface area contributed by atoms with Crippen LogP contribution in [0.2, 0.25) is 0 Å². The Kier molecular flexibility index (Phi) is 2.86. The number of hydrogen-bond donors (Lipinski definition) is 1. The van der Waals surface area contributed by atoms with Crippen LogP contribution >= 0.6 is 0 Å². The Morgan fingerprint density at radius 1 is 1.39 bits per heavy atom. The highest BCUT2D eigenvalue weighted by Crippen LogP contribution is 2.46. The molecule has 1 aliphatic carbocycles. The fraction of sp³-hybridized carbons (Fsp3) is 0.467. The molecule has 1 aliphatic rings. The van der Waals surface area contributed by atoms with Crippen molar-refractivity contribution < 1.29 is 8.81 Å². The Hall–Kier alpha value is -1.35. The van der Waals surface area contributed by atoms with Crippen molar-refractivity contribution in [3.63, 3.8) is 0 Å². The maximum absolute atomic E-state index is 13.7. The lowest BCUT2D eigenvalue weighted by Gasteiger charge is -2.07. The molecule has 1 heterocycles. The summed E-state index contributed by atoms with van der Waals surface area (Å²) in [6.07, 6.45) is 2.39. The van der Waals surface area contributed by atoms with Crippen molar-refractivity contribution in [1.82, 2.24) is 5.32 Å². The van der Waals surface area contributed by atoms with E-state index in [1.54, 1.807) is 6.07 Å². The molecule has 0 aliphatic heterocycles. The fourth-order valence-corrected chi connectivity index (χ4v) is 2.40. The second-order valence-electron chi connectivity index (χ2n) is 5.37. The molecule has 0 unspecified atom stereocenters. The zero-order valence-electron chi connectivity index (χ0n) is 10.8. The Labute approximate surface area is 106 Å². The van der Waals surface area contributed by atoms with Gasteiger partial charge >= 0.3 is 0 Å². The molecule has 0 spiro atoms. The molecule has 3 heteroatoms. The number of fused-ring (bicyclic) bond motifs is 1. The number of nitrogens with one attached hydrogen (secondary N) is 1. The molecule has 0 saturated heterocycles. The van der Waals surface area contributed by atoms with E-state index in [1.807, 2.05) is 6.07 Å². The van der Waals surface area contributed by atoms with Crippen molar-refractivity contribution in [3.8, 4) is 0 Å². The lowest BCUT2D eigenvalue weighted by molar-refractivity contribution is 0.472. The van der Waals surface area contributed by atoms with Gasteiger partial charge in [-0.05, 0) is 24.8 Å². The number of furan rings is 1. The van der Waals surface area contributed by atoms with Gasteiger partial charge in [0.2, 0.25) is 0 Å². The zero-order valence-corrected chi connectivity index (χ0v) is 10.8. The summed E-state index contributed by atoms with van der Waals surface area (Å²) in [7, 11) is 0. The van der Waals surface area contributed by atoms with Crippen LogP contribution in [0.15, 0.2) is 22.6 Å². The third-order valence-corrected chi connectivity index (χ3v) is 3.44. The molecule has 2 nitrogen and oxygen atoms in total. The number of para-hydroxylation sites is 1. The van der Waals surface area contributed by atoms with E-state index >= 15 is 0 Å². The lowest BCUT2D eigenvalue weighted by atomic mass is 10.1. The van der Waals surface area contributed by atoms with Gasteiger partial charge in [-0.25, -0.2) is 4.39 Å². The Morgan fingerprint density at radius 3 is 2.83 bits per heavy atom. The van der Waals surface area contributed by atoms with Crippen LogP contribution in [0, 0.1) is 5.82 Å². The van der Waals surface area contributed by atoms with Gasteiger partial charge in [-0.3, -0.25) is 0 Å². The van der Waals surface area contributed by atoms with Gasteiger partial charge in [-0.1, -0.05) is 26.0 Å². The standard InChI is InChI=1S/C15H18FNO/c1-9(2)17-8-13-14(10-6-7-10)11-4-3-5-12(16)15(11)18-13/h3-5,9-10,17H,6-8H2,1-2H3. The second kappa shape index (κ2) is 4.39. The van der Waals surface area contributed by atoms with Gasteiger partial charge in [0, 0.05) is 17.0 Å². The van der Waals surface area contributed by atoms with E-state index < -0.39 is 0 Å². The highest BCUT2D eigenvalue weighted by atomic mass is 19.1. The molecule has 96 valence electrons. The third kappa shape index (κ3) is 2.03. The van der Waals surface area contributed by atoms with E-state index in [0.717, 1.165) is 11.1 Å². The monoisotopic (exact) mass is 247 g/mol. The Morgan fingerprint density at radius 2 is 2.17 bits per heavy atom. The van der Waals surface area contributed by atoms with Crippen LogP contribution in [0.5, 0.6) is 0 Å². The average molecular weight is 247 g/mol. The first-order chi connectivity index (χ1) is 8.66. The average Bonchev–Trinajstić information content (AvgIpc) is 3.08. The van der Waals surface area contributed by atoms with Gasteiger partial charge in [-0.2, -0.15) is 0 Å². The van der Waals surface area contributed by atoms with Gasteiger partial charge in [0.05, 0.1) is 6.54 Å². The van der Waals surface area contributed by atoms with Crippen LogP contribution in [-0.2, 0) is 6.54 Å². The Balaban J connectivity index is 2.06. The number of benzene rings is 1. The molecule has 0 radical (unpaired) electrons. The van der Waals surface area contributed by atoms with Crippen LogP contribution in [-0.4, -0.2) is 6.04 Å². The minimum Gasteiger partial charge on any atom is -0.456 e. The van der Waals surface area contributed by atoms with E-state index in [9.17, 15) is 4.39 Å². The predicted molar refractivity (Wildman–Crippen MR) is 70.1 cm³/mol. The van der Waals surface area contributed by atoms with Crippen molar-refractivity contribution in [1.29, 1.82) is 0 Å². The maximum Gasteiger partial charge on any atom is 0.170 e. The quantitative estimate of drug-likeness (QED) is 0.885. The van der Waals surface area contributed by atoms with E-state index in [-0.39, 0.29) is 5.82 Å². The van der Waals surface area contributed by atoms with Crippen molar-refractivity contribution in [2.45, 2.75) is 45.2 Å². The summed E-state index contributed by atoms with van der Waals surface area (Å²) in [5.74, 6) is 1.22. The molecule has 1 aromatic carbocycles. The molecule has 2 aromatic rings. The first-order valence-electron chi connectivity index (χ1n) is 6.60. The zero-order chi connectivity index (χ0) is 12.7. The minimum absolute atomic E-state index is 0.259. The first kappa shape index (κ1) is 11.7. The summed E-state index contributed by atoms with van der Waals surface area (Å²) >= 11 is 0. The molecule has 1 aromatic heterocycles. The highest BCUT2D eigenvalue weighted by molar-refractivity contribution is 5.83. The van der Waals surface area contributed by atoms with E-state index in [0.29, 0.717) is 24.1 Å². The smallest absolute Gasteiger partial charge is 0.170 e. The van der Waals surface area contributed by atoms with E-state index in [2.05, 4.69) is 19.2 Å². The SMILES string of the molecule is CC(C)NCc1oc2c(F)cccc2c1C1CC1. The highest BCUT2D eigenvalue weighted by Gasteiger charge is 2.31. The first-order valence-corrected chi connectivity index (χ1v) is 6.60. The van der Waals surface area contributed by atoms with Gasteiger partial charge in [0.1, 0.15) is 5.76 Å². The topological polar surface area (TPSA) is 25.2 Å².